The molecule has 3 aromatic carbocycles. The zero-order chi connectivity index (χ0) is 21.2. The maximum absolute atomic E-state index is 11.6. The molecule has 0 saturated carbocycles. The Morgan fingerprint density at radius 1 is 0.967 bits per heavy atom. The molecule has 0 radical (unpaired) electrons. The predicted molar refractivity (Wildman–Crippen MR) is 120 cm³/mol. The van der Waals surface area contributed by atoms with E-state index < -0.39 is 0 Å². The van der Waals surface area contributed by atoms with Gasteiger partial charge in [-0.25, -0.2) is 4.79 Å². The molecule has 0 saturated heterocycles. The third-order valence-corrected chi connectivity index (χ3v) is 4.70. The highest BCUT2D eigenvalue weighted by Gasteiger charge is 2.06. The maximum atomic E-state index is 11.6. The number of ether oxygens (including phenoxy) is 3. The van der Waals surface area contributed by atoms with Crippen LogP contribution in [0.4, 0.5) is 0 Å². The van der Waals surface area contributed by atoms with Gasteiger partial charge in [0, 0.05) is 25.6 Å². The molecule has 5 nitrogen and oxygen atoms in total. The average Bonchev–Trinajstić information content (AvgIpc) is 2.80. The van der Waals surface area contributed by atoms with E-state index in [2.05, 4.69) is 29.6 Å². The highest BCUT2D eigenvalue weighted by molar-refractivity contribution is 5.89. The third-order valence-electron chi connectivity index (χ3n) is 4.70. The van der Waals surface area contributed by atoms with Crippen LogP contribution in [0.15, 0.2) is 72.3 Å². The first-order valence-electron chi connectivity index (χ1n) is 9.89. The van der Waals surface area contributed by atoms with Crippen molar-refractivity contribution in [3.63, 3.8) is 0 Å². The van der Waals surface area contributed by atoms with Gasteiger partial charge in [0.05, 0.1) is 19.3 Å². The van der Waals surface area contributed by atoms with E-state index in [1.807, 2.05) is 36.4 Å². The molecule has 0 bridgehead atoms. The normalized spacial score (nSPS) is 11.5. The van der Waals surface area contributed by atoms with Gasteiger partial charge < -0.3 is 19.5 Å². The van der Waals surface area contributed by atoms with E-state index in [9.17, 15) is 4.79 Å². The van der Waals surface area contributed by atoms with E-state index in [0.29, 0.717) is 25.3 Å². The number of rotatable bonds is 10. The van der Waals surface area contributed by atoms with E-state index >= 15 is 0 Å². The lowest BCUT2D eigenvalue weighted by atomic mass is 10.1. The number of carbonyl (C=O) groups is 1. The number of esters is 1. The van der Waals surface area contributed by atoms with E-state index in [1.165, 1.54) is 7.11 Å². The van der Waals surface area contributed by atoms with E-state index in [1.54, 1.807) is 19.2 Å². The van der Waals surface area contributed by atoms with Crippen molar-refractivity contribution in [2.45, 2.75) is 0 Å². The van der Waals surface area contributed by atoms with E-state index in [-0.39, 0.29) is 5.97 Å². The first kappa shape index (κ1) is 21.6. The Labute approximate surface area is 177 Å². The molecule has 156 valence electrons. The van der Waals surface area contributed by atoms with Gasteiger partial charge >= 0.3 is 5.97 Å². The minimum absolute atomic E-state index is 0.341. The molecule has 0 amide bonds. The van der Waals surface area contributed by atoms with Crippen molar-refractivity contribution in [1.29, 1.82) is 0 Å². The Hall–Kier alpha value is -3.15. The first-order valence-corrected chi connectivity index (χ1v) is 9.89. The van der Waals surface area contributed by atoms with Crippen LogP contribution in [0.3, 0.4) is 0 Å². The molecule has 3 rings (SSSR count). The minimum atomic E-state index is -0.341. The number of benzene rings is 3. The van der Waals surface area contributed by atoms with Gasteiger partial charge in [-0.1, -0.05) is 54.6 Å². The summed E-state index contributed by atoms with van der Waals surface area (Å²) in [5.41, 5.74) is 2.61. The molecule has 3 aromatic rings. The van der Waals surface area contributed by atoms with Gasteiger partial charge in [0.2, 0.25) is 0 Å². The fourth-order valence-electron chi connectivity index (χ4n) is 3.13. The summed E-state index contributed by atoms with van der Waals surface area (Å²) in [4.78, 5) is 11.6. The van der Waals surface area contributed by atoms with Crippen molar-refractivity contribution in [1.82, 2.24) is 5.32 Å². The summed E-state index contributed by atoms with van der Waals surface area (Å²) in [5.74, 6) is 0.517. The molecule has 0 heterocycles. The highest BCUT2D eigenvalue weighted by Crippen LogP contribution is 2.25. The molecule has 0 atom stereocenters. The summed E-state index contributed by atoms with van der Waals surface area (Å²) in [6.07, 6.45) is 2.08. The molecule has 0 spiro atoms. The number of methoxy groups -OCH3 is 2. The van der Waals surface area contributed by atoms with E-state index in [4.69, 9.17) is 14.2 Å². The second kappa shape index (κ2) is 11.1. The van der Waals surface area contributed by atoms with Crippen LogP contribution in [0.25, 0.3) is 16.8 Å². The van der Waals surface area contributed by atoms with Crippen molar-refractivity contribution in [2.24, 2.45) is 0 Å². The minimum Gasteiger partial charge on any atom is -0.489 e. The molecule has 1 N–H and O–H groups in total. The molecule has 0 aromatic heterocycles. The van der Waals surface area contributed by atoms with Crippen LogP contribution in [0.5, 0.6) is 5.75 Å². The topological polar surface area (TPSA) is 56.8 Å². The third kappa shape index (κ3) is 5.92. The zero-order valence-electron chi connectivity index (χ0n) is 17.4. The summed E-state index contributed by atoms with van der Waals surface area (Å²) >= 11 is 0. The second-order valence-corrected chi connectivity index (χ2v) is 6.85. The average molecular weight is 405 g/mol. The van der Waals surface area contributed by atoms with Gasteiger partial charge in [-0.05, 0) is 34.7 Å². The maximum Gasteiger partial charge on any atom is 0.337 e. The van der Waals surface area contributed by atoms with Gasteiger partial charge in [-0.3, -0.25) is 0 Å². The molecule has 0 fully saturated rings. The van der Waals surface area contributed by atoms with Crippen LogP contribution in [0.1, 0.15) is 15.9 Å². The van der Waals surface area contributed by atoms with Gasteiger partial charge in [-0.15, -0.1) is 0 Å². The number of nitrogens with one attached hydrogen (secondary N) is 1. The summed E-state index contributed by atoms with van der Waals surface area (Å²) in [7, 11) is 3.06. The fourth-order valence-corrected chi connectivity index (χ4v) is 3.13. The molecule has 0 aliphatic carbocycles. The highest BCUT2D eigenvalue weighted by atomic mass is 16.5. The smallest absolute Gasteiger partial charge is 0.337 e. The van der Waals surface area contributed by atoms with E-state index in [0.717, 1.165) is 34.2 Å². The number of carbonyl (C=O) groups excluding carboxylic acids is 1. The van der Waals surface area contributed by atoms with Crippen molar-refractivity contribution >= 4 is 22.8 Å². The van der Waals surface area contributed by atoms with Crippen LogP contribution in [-0.2, 0) is 9.47 Å². The van der Waals surface area contributed by atoms with Crippen molar-refractivity contribution < 1.29 is 19.0 Å². The van der Waals surface area contributed by atoms with Gasteiger partial charge in [-0.2, -0.15) is 0 Å². The monoisotopic (exact) mass is 405 g/mol. The summed E-state index contributed by atoms with van der Waals surface area (Å²) < 4.78 is 16.0. The Balaban J connectivity index is 1.76. The van der Waals surface area contributed by atoms with Gasteiger partial charge in [0.15, 0.2) is 0 Å². The first-order chi connectivity index (χ1) is 14.7. The van der Waals surface area contributed by atoms with Crippen LogP contribution in [-0.4, -0.2) is 46.5 Å². The number of hydrogen-bond donors (Lipinski definition) is 1. The lowest BCUT2D eigenvalue weighted by molar-refractivity contribution is 0.0600. The molecular formula is C25H27NO4. The van der Waals surface area contributed by atoms with Crippen LogP contribution < -0.4 is 10.1 Å². The summed E-state index contributed by atoms with van der Waals surface area (Å²) in [6, 6.07) is 21.6. The summed E-state index contributed by atoms with van der Waals surface area (Å²) in [5, 5.41) is 5.61. The standard InChI is InChI=1S/C25H27NO4/c1-28-15-14-26-17-20(16-19-10-12-22(13-11-19)25(27)29-2)18-30-24-9-5-7-21-6-3-4-8-23(21)24/h3-13,16,26H,14-15,17-18H2,1-2H3/b20-16-. The largest absolute Gasteiger partial charge is 0.489 e. The number of fused-ring (bicyclic) bond motifs is 1. The quantitative estimate of drug-likeness (QED) is 0.402. The Morgan fingerprint density at radius 3 is 2.50 bits per heavy atom. The zero-order valence-corrected chi connectivity index (χ0v) is 17.4. The van der Waals surface area contributed by atoms with Crippen molar-refractivity contribution in [3.05, 3.63) is 83.4 Å². The predicted octanol–water partition coefficient (Wildman–Crippen LogP) is 4.32. The van der Waals surface area contributed by atoms with Gasteiger partial charge in [0.1, 0.15) is 12.4 Å². The van der Waals surface area contributed by atoms with Gasteiger partial charge in [0.25, 0.3) is 0 Å². The molecule has 0 aliphatic rings. The molecule has 30 heavy (non-hydrogen) atoms. The lowest BCUT2D eigenvalue weighted by Gasteiger charge is -2.13. The molecule has 5 heteroatoms. The Kier molecular flexibility index (Phi) is 8.01. The van der Waals surface area contributed by atoms with Crippen molar-refractivity contribution in [3.8, 4) is 5.75 Å². The SMILES string of the molecule is COCCNC/C(=C/c1ccc(C(=O)OC)cc1)COc1cccc2ccccc12. The Morgan fingerprint density at radius 2 is 1.73 bits per heavy atom. The number of hydrogen-bond acceptors (Lipinski definition) is 5. The molecule has 0 unspecified atom stereocenters. The van der Waals surface area contributed by atoms with Crippen LogP contribution in [0, 0.1) is 0 Å². The Bertz CT molecular complexity index is 990. The van der Waals surface area contributed by atoms with Crippen molar-refractivity contribution in [2.75, 3.05) is 40.5 Å². The summed E-state index contributed by atoms with van der Waals surface area (Å²) in [6.45, 7) is 2.52. The second-order valence-electron chi connectivity index (χ2n) is 6.85. The lowest BCUT2D eigenvalue weighted by Crippen LogP contribution is -2.23. The van der Waals surface area contributed by atoms with Crippen LogP contribution >= 0.6 is 0 Å². The molecular weight excluding hydrogens is 378 g/mol. The van der Waals surface area contributed by atoms with Crippen LogP contribution in [0.2, 0.25) is 0 Å². The molecule has 0 aliphatic heterocycles. The fraction of sp³-hybridized carbons (Fsp3) is 0.240.